The number of rotatable bonds is 3. The summed E-state index contributed by atoms with van der Waals surface area (Å²) in [6, 6.07) is 10.2. The molecule has 1 aliphatic heterocycles. The van der Waals surface area contributed by atoms with Crippen LogP contribution in [0, 0.1) is 0 Å². The van der Waals surface area contributed by atoms with Crippen molar-refractivity contribution in [1.29, 1.82) is 0 Å². The Morgan fingerprint density at radius 3 is 2.68 bits per heavy atom. The number of nitrogens with two attached hydrogens (primary N) is 1. The molecule has 2 atom stereocenters. The zero-order chi connectivity index (χ0) is 13.1. The fraction of sp³-hybridized carbons (Fsp3) is 0.600. The van der Waals surface area contributed by atoms with Crippen molar-refractivity contribution in [3.8, 4) is 0 Å². The van der Waals surface area contributed by atoms with E-state index in [1.807, 2.05) is 18.2 Å². The summed E-state index contributed by atoms with van der Waals surface area (Å²) < 4.78 is 17.5. The molecule has 1 heterocycles. The summed E-state index contributed by atoms with van der Waals surface area (Å²) >= 11 is 0. The zero-order valence-corrected chi connectivity index (χ0v) is 11.1. The minimum atomic E-state index is -0.433. The van der Waals surface area contributed by atoms with Crippen molar-refractivity contribution in [2.75, 3.05) is 13.2 Å². The molecule has 0 unspecified atom stereocenters. The minimum absolute atomic E-state index is 0.00653. The lowest BCUT2D eigenvalue weighted by atomic mass is 9.88. The van der Waals surface area contributed by atoms with Crippen LogP contribution in [0.2, 0.25) is 0 Å². The molecule has 1 saturated carbocycles. The van der Waals surface area contributed by atoms with Crippen LogP contribution in [0.5, 0.6) is 0 Å². The second kappa shape index (κ2) is 5.59. The van der Waals surface area contributed by atoms with Gasteiger partial charge in [-0.15, -0.1) is 0 Å². The Labute approximate surface area is 113 Å². The number of benzene rings is 1. The maximum absolute atomic E-state index is 6.16. The lowest BCUT2D eigenvalue weighted by Crippen LogP contribution is -2.50. The molecule has 1 aliphatic carbocycles. The molecule has 1 aromatic carbocycles. The molecule has 2 N–H and O–H groups in total. The second-order valence-corrected chi connectivity index (χ2v) is 5.35. The number of hydrogen-bond acceptors (Lipinski definition) is 4. The van der Waals surface area contributed by atoms with Gasteiger partial charge < -0.3 is 19.9 Å². The molecular formula is C15H21NO3. The van der Waals surface area contributed by atoms with E-state index in [1.54, 1.807) is 0 Å². The van der Waals surface area contributed by atoms with Crippen LogP contribution in [0.15, 0.2) is 30.3 Å². The van der Waals surface area contributed by atoms with Gasteiger partial charge in [-0.05, 0) is 12.0 Å². The predicted molar refractivity (Wildman–Crippen MR) is 71.5 cm³/mol. The molecule has 4 nitrogen and oxygen atoms in total. The van der Waals surface area contributed by atoms with Crippen LogP contribution < -0.4 is 5.73 Å². The Morgan fingerprint density at radius 1 is 1.21 bits per heavy atom. The highest BCUT2D eigenvalue weighted by Gasteiger charge is 2.44. The van der Waals surface area contributed by atoms with Crippen LogP contribution in [-0.2, 0) is 20.8 Å². The van der Waals surface area contributed by atoms with Crippen molar-refractivity contribution in [3.05, 3.63) is 35.9 Å². The molecule has 4 heteroatoms. The van der Waals surface area contributed by atoms with Crippen LogP contribution >= 0.6 is 0 Å². The minimum Gasteiger partial charge on any atom is -0.372 e. The van der Waals surface area contributed by atoms with Gasteiger partial charge in [0.1, 0.15) is 0 Å². The first kappa shape index (κ1) is 13.1. The summed E-state index contributed by atoms with van der Waals surface area (Å²) in [4.78, 5) is 0. The first-order valence-corrected chi connectivity index (χ1v) is 6.96. The summed E-state index contributed by atoms with van der Waals surface area (Å²) in [5, 5.41) is 0. The van der Waals surface area contributed by atoms with Gasteiger partial charge in [0.05, 0.1) is 25.9 Å². The Morgan fingerprint density at radius 2 is 1.95 bits per heavy atom. The number of hydrogen-bond donors (Lipinski definition) is 1. The van der Waals surface area contributed by atoms with Gasteiger partial charge in [0.15, 0.2) is 5.79 Å². The van der Waals surface area contributed by atoms with E-state index < -0.39 is 5.79 Å². The Hall–Kier alpha value is -0.940. The van der Waals surface area contributed by atoms with Crippen LogP contribution in [0.25, 0.3) is 0 Å². The van der Waals surface area contributed by atoms with E-state index in [0.717, 1.165) is 19.3 Å². The van der Waals surface area contributed by atoms with Crippen molar-refractivity contribution in [2.24, 2.45) is 5.73 Å². The molecule has 19 heavy (non-hydrogen) atoms. The zero-order valence-electron chi connectivity index (χ0n) is 11.1. The van der Waals surface area contributed by atoms with Gasteiger partial charge in [0.2, 0.25) is 0 Å². The highest BCUT2D eigenvalue weighted by molar-refractivity contribution is 5.13. The largest absolute Gasteiger partial charge is 0.372 e. The van der Waals surface area contributed by atoms with E-state index in [4.69, 9.17) is 19.9 Å². The lowest BCUT2D eigenvalue weighted by Gasteiger charge is -2.39. The maximum atomic E-state index is 6.16. The third-order valence-electron chi connectivity index (χ3n) is 3.97. The van der Waals surface area contributed by atoms with Gasteiger partial charge in [-0.1, -0.05) is 30.3 Å². The molecule has 1 saturated heterocycles. The van der Waals surface area contributed by atoms with Gasteiger partial charge >= 0.3 is 0 Å². The average Bonchev–Trinajstić information content (AvgIpc) is 2.90. The Balaban J connectivity index is 1.59. The smallest absolute Gasteiger partial charge is 0.171 e. The maximum Gasteiger partial charge on any atom is 0.171 e. The third-order valence-corrected chi connectivity index (χ3v) is 3.97. The molecule has 1 spiro atoms. The first-order chi connectivity index (χ1) is 9.27. The predicted octanol–water partition coefficient (Wildman–Crippen LogP) is 1.83. The van der Waals surface area contributed by atoms with E-state index >= 15 is 0 Å². The third kappa shape index (κ3) is 2.98. The molecule has 0 aromatic heterocycles. The van der Waals surface area contributed by atoms with Crippen LogP contribution in [0.4, 0.5) is 0 Å². The molecular weight excluding hydrogens is 242 g/mol. The Kier molecular flexibility index (Phi) is 3.84. The summed E-state index contributed by atoms with van der Waals surface area (Å²) in [6.07, 6.45) is 2.51. The molecule has 1 aromatic rings. The topological polar surface area (TPSA) is 53.7 Å². The monoisotopic (exact) mass is 263 g/mol. The molecule has 0 bridgehead atoms. The van der Waals surface area contributed by atoms with Crippen molar-refractivity contribution in [3.63, 3.8) is 0 Å². The molecule has 3 rings (SSSR count). The molecule has 2 fully saturated rings. The highest BCUT2D eigenvalue weighted by Crippen LogP contribution is 2.36. The van der Waals surface area contributed by atoms with E-state index in [0.29, 0.717) is 19.8 Å². The van der Waals surface area contributed by atoms with E-state index in [1.165, 1.54) is 5.56 Å². The van der Waals surface area contributed by atoms with Crippen LogP contribution in [-0.4, -0.2) is 31.1 Å². The van der Waals surface area contributed by atoms with Gasteiger partial charge in [-0.2, -0.15) is 0 Å². The Bertz CT molecular complexity index is 403. The van der Waals surface area contributed by atoms with Gasteiger partial charge in [0.25, 0.3) is 0 Å². The summed E-state index contributed by atoms with van der Waals surface area (Å²) in [5.74, 6) is -0.433. The highest BCUT2D eigenvalue weighted by atomic mass is 16.7. The van der Waals surface area contributed by atoms with E-state index in [9.17, 15) is 0 Å². The normalized spacial score (nSPS) is 29.7. The van der Waals surface area contributed by atoms with Crippen molar-refractivity contribution in [1.82, 2.24) is 0 Å². The molecule has 0 radical (unpaired) electrons. The summed E-state index contributed by atoms with van der Waals surface area (Å²) in [5.41, 5.74) is 7.33. The van der Waals surface area contributed by atoms with Crippen molar-refractivity contribution >= 4 is 0 Å². The standard InChI is InChI=1S/C15H21NO3/c16-13-6-7-15(18-8-9-19-15)10-14(13)17-11-12-4-2-1-3-5-12/h1-5,13-14H,6-11,16H2/t13-,14+/m0/s1. The fourth-order valence-corrected chi connectivity index (χ4v) is 2.85. The summed E-state index contributed by atoms with van der Waals surface area (Å²) in [6.45, 7) is 1.95. The fourth-order valence-electron chi connectivity index (χ4n) is 2.85. The van der Waals surface area contributed by atoms with Gasteiger partial charge in [-0.3, -0.25) is 0 Å². The summed E-state index contributed by atoms with van der Waals surface area (Å²) in [7, 11) is 0. The van der Waals surface area contributed by atoms with Crippen molar-refractivity contribution < 1.29 is 14.2 Å². The SMILES string of the molecule is N[C@H]1CCC2(C[C@H]1OCc1ccccc1)OCCO2. The van der Waals surface area contributed by atoms with Crippen LogP contribution in [0.1, 0.15) is 24.8 Å². The van der Waals surface area contributed by atoms with Crippen LogP contribution in [0.3, 0.4) is 0 Å². The number of ether oxygens (including phenoxy) is 3. The van der Waals surface area contributed by atoms with E-state index in [-0.39, 0.29) is 12.1 Å². The lowest BCUT2D eigenvalue weighted by molar-refractivity contribution is -0.206. The molecule has 0 amide bonds. The van der Waals surface area contributed by atoms with Gasteiger partial charge in [-0.25, -0.2) is 0 Å². The van der Waals surface area contributed by atoms with Gasteiger partial charge in [0, 0.05) is 18.9 Å². The average molecular weight is 263 g/mol. The van der Waals surface area contributed by atoms with E-state index in [2.05, 4.69) is 12.1 Å². The second-order valence-electron chi connectivity index (χ2n) is 5.35. The quantitative estimate of drug-likeness (QED) is 0.904. The molecule has 2 aliphatic rings. The first-order valence-electron chi connectivity index (χ1n) is 6.96. The molecule has 104 valence electrons. The van der Waals surface area contributed by atoms with Crippen molar-refractivity contribution in [2.45, 2.75) is 43.8 Å².